The molecule has 0 radical (unpaired) electrons. The maximum absolute atomic E-state index is 14.0. The van der Waals surface area contributed by atoms with Crippen molar-refractivity contribution < 1.29 is 42.5 Å². The van der Waals surface area contributed by atoms with Crippen LogP contribution in [0.15, 0.2) is 79.0 Å². The Kier molecular flexibility index (Phi) is 11.0. The number of carbonyl (C=O) groups is 3. The number of hydrogen-bond acceptors (Lipinski definition) is 7. The van der Waals surface area contributed by atoms with Gasteiger partial charge in [-0.1, -0.05) is 32.9 Å². The van der Waals surface area contributed by atoms with Gasteiger partial charge in [0.2, 0.25) is 5.95 Å². The summed E-state index contributed by atoms with van der Waals surface area (Å²) >= 11 is 0. The van der Waals surface area contributed by atoms with Crippen LogP contribution >= 0.6 is 0 Å². The number of aromatic nitrogens is 1. The van der Waals surface area contributed by atoms with Crippen LogP contribution in [0.1, 0.15) is 64.7 Å². The Morgan fingerprint density at radius 3 is 2.15 bits per heavy atom. The Balaban J connectivity index is 1.26. The number of anilines is 1. The molecule has 3 heterocycles. The maximum atomic E-state index is 14.0. The van der Waals surface area contributed by atoms with Crippen molar-refractivity contribution in [3.63, 3.8) is 0 Å². The van der Waals surface area contributed by atoms with Gasteiger partial charge in [0.25, 0.3) is 5.91 Å². The molecule has 2 unspecified atom stereocenters. The van der Waals surface area contributed by atoms with Gasteiger partial charge in [0.05, 0.1) is 12.6 Å². The average molecular weight is 757 g/mol. The molecule has 55 heavy (non-hydrogen) atoms. The lowest BCUT2D eigenvalue weighted by atomic mass is 9.83. The van der Waals surface area contributed by atoms with Crippen molar-refractivity contribution in [2.24, 2.45) is 5.41 Å². The molecule has 2 fully saturated rings. The van der Waals surface area contributed by atoms with Crippen molar-refractivity contribution in [2.75, 3.05) is 25.0 Å². The largest absolute Gasteiger partial charge is 0.488 e. The van der Waals surface area contributed by atoms with Crippen molar-refractivity contribution in [3.05, 3.63) is 96.3 Å². The molecule has 3 amide bonds. The number of ether oxygens (including phenoxy) is 3. The van der Waals surface area contributed by atoms with Crippen LogP contribution in [0.4, 0.5) is 24.1 Å². The summed E-state index contributed by atoms with van der Waals surface area (Å²) in [6.07, 6.45) is 0.190. The predicted molar refractivity (Wildman–Crippen MR) is 203 cm³/mol. The van der Waals surface area contributed by atoms with Crippen molar-refractivity contribution >= 4 is 23.8 Å². The molecule has 0 bridgehead atoms. The molecule has 13 heteroatoms. The second kappa shape index (κ2) is 15.6. The van der Waals surface area contributed by atoms with E-state index >= 15 is 0 Å². The van der Waals surface area contributed by atoms with E-state index in [1.165, 1.54) is 29.3 Å². The molecule has 3 atom stereocenters. The zero-order valence-corrected chi connectivity index (χ0v) is 31.8. The van der Waals surface area contributed by atoms with E-state index in [0.717, 1.165) is 0 Å². The lowest BCUT2D eigenvalue weighted by molar-refractivity contribution is 0.0275. The predicted octanol–water partition coefficient (Wildman–Crippen LogP) is 8.88. The van der Waals surface area contributed by atoms with Crippen molar-refractivity contribution in [1.82, 2.24) is 14.8 Å². The van der Waals surface area contributed by atoms with E-state index in [4.69, 9.17) is 14.2 Å². The highest BCUT2D eigenvalue weighted by atomic mass is 19.1. The number of hydrogen-bond donors (Lipinski definition) is 2. The van der Waals surface area contributed by atoms with Crippen molar-refractivity contribution in [1.29, 1.82) is 0 Å². The number of amides is 3. The molecule has 2 aliphatic rings. The number of carboxylic acid groups (broad SMARTS) is 1. The van der Waals surface area contributed by atoms with Gasteiger partial charge < -0.3 is 34.4 Å². The minimum absolute atomic E-state index is 0.282. The Morgan fingerprint density at radius 2 is 1.49 bits per heavy atom. The lowest BCUT2D eigenvalue weighted by Gasteiger charge is -2.37. The van der Waals surface area contributed by atoms with E-state index in [1.54, 1.807) is 80.3 Å². The smallest absolute Gasteiger partial charge is 0.410 e. The van der Waals surface area contributed by atoms with Crippen molar-refractivity contribution in [3.8, 4) is 33.8 Å². The minimum Gasteiger partial charge on any atom is -0.488 e. The van der Waals surface area contributed by atoms with Gasteiger partial charge in [-0.2, -0.15) is 4.39 Å². The van der Waals surface area contributed by atoms with Crippen LogP contribution in [0.2, 0.25) is 0 Å². The topological polar surface area (TPSA) is 131 Å². The summed E-state index contributed by atoms with van der Waals surface area (Å²) in [6, 6.07) is 18.3. The first-order valence-corrected chi connectivity index (χ1v) is 18.2. The monoisotopic (exact) mass is 756 g/mol. The normalized spacial score (nSPS) is 18.6. The van der Waals surface area contributed by atoms with Crippen LogP contribution in [-0.2, 0) is 4.74 Å². The number of carbonyl (C=O) groups excluding carboxylic acids is 2. The number of rotatable bonds is 8. The summed E-state index contributed by atoms with van der Waals surface area (Å²) in [5.41, 5.74) is 1.92. The third-order valence-electron chi connectivity index (χ3n) is 9.52. The molecule has 11 nitrogen and oxygen atoms in total. The summed E-state index contributed by atoms with van der Waals surface area (Å²) < 4.78 is 46.3. The summed E-state index contributed by atoms with van der Waals surface area (Å²) in [5, 5.41) is 12.8. The molecular formula is C42H46F2N4O7. The fourth-order valence-corrected chi connectivity index (χ4v) is 7.09. The molecule has 4 aromatic rings. The van der Waals surface area contributed by atoms with Gasteiger partial charge in [0, 0.05) is 60.1 Å². The van der Waals surface area contributed by atoms with Crippen LogP contribution in [0.5, 0.6) is 11.5 Å². The molecule has 0 aliphatic carbocycles. The Morgan fingerprint density at radius 1 is 0.818 bits per heavy atom. The number of likely N-dealkylation sites (tertiary alicyclic amines) is 2. The molecule has 0 spiro atoms. The molecule has 290 valence electrons. The fraction of sp³-hybridized carbons (Fsp3) is 0.381. The molecule has 2 saturated heterocycles. The van der Waals surface area contributed by atoms with Gasteiger partial charge >= 0.3 is 12.2 Å². The highest BCUT2D eigenvalue weighted by Gasteiger charge is 2.45. The summed E-state index contributed by atoms with van der Waals surface area (Å²) in [5.74, 6) is -0.623. The van der Waals surface area contributed by atoms with Gasteiger partial charge in [-0.25, -0.2) is 19.0 Å². The van der Waals surface area contributed by atoms with Gasteiger partial charge in [0.1, 0.15) is 35.1 Å². The van der Waals surface area contributed by atoms with E-state index in [-0.39, 0.29) is 11.7 Å². The third kappa shape index (κ3) is 9.33. The second-order valence-corrected chi connectivity index (χ2v) is 15.9. The van der Waals surface area contributed by atoms with Gasteiger partial charge in [-0.3, -0.25) is 4.79 Å². The van der Waals surface area contributed by atoms with E-state index in [9.17, 15) is 28.3 Å². The number of nitrogens with zero attached hydrogens (tertiary/aromatic N) is 3. The third-order valence-corrected chi connectivity index (χ3v) is 9.52. The standard InChI is InChI=1S/C42H46F2N4O7/c1-41(2,3)37-35(18-20-48(37)39(50)51)54-34-15-13-29(22-32(34)25-7-11-28(43)12-8-25)46-38(49)26-9-14-33(31(21-26)27-10-16-36(44)45-23-27)53-30-17-19-47(24-30)40(52)55-42(4,5)6/h7-16,21-23,30,35,37H,17-20,24H2,1-6H3,(H,46,49)(H,50,51)/t30-,35?,37?/m0/s1. The molecule has 1 aromatic heterocycles. The molecule has 2 aliphatic heterocycles. The fourth-order valence-electron chi connectivity index (χ4n) is 7.09. The first kappa shape index (κ1) is 39.0. The number of halogens is 2. The SMILES string of the molecule is CC(C)(C)OC(=O)N1CC[C@H](Oc2ccc(C(=O)Nc3ccc(OC4CCN(C(=O)O)C4C(C)(C)C)c(-c4ccc(F)cc4)c3)cc2-c2ccc(F)nc2)C1. The molecule has 3 aromatic carbocycles. The highest BCUT2D eigenvalue weighted by molar-refractivity contribution is 6.05. The zero-order valence-electron chi connectivity index (χ0n) is 31.8. The summed E-state index contributed by atoms with van der Waals surface area (Å²) in [4.78, 5) is 45.4. The first-order valence-electron chi connectivity index (χ1n) is 18.2. The van der Waals surface area contributed by atoms with Crippen LogP contribution in [-0.4, -0.2) is 81.5 Å². The number of pyridine rings is 1. The second-order valence-electron chi connectivity index (χ2n) is 15.9. The Bertz CT molecular complexity index is 2050. The maximum Gasteiger partial charge on any atom is 0.410 e. The number of nitrogens with one attached hydrogen (secondary N) is 1. The first-order chi connectivity index (χ1) is 25.9. The van der Waals surface area contributed by atoms with Crippen LogP contribution < -0.4 is 14.8 Å². The average Bonchev–Trinajstić information content (AvgIpc) is 3.77. The minimum atomic E-state index is -1.01. The van der Waals surface area contributed by atoms with E-state index in [1.807, 2.05) is 20.8 Å². The van der Waals surface area contributed by atoms with Crippen LogP contribution in [0.3, 0.4) is 0 Å². The van der Waals surface area contributed by atoms with Crippen LogP contribution in [0, 0.1) is 17.2 Å². The summed E-state index contributed by atoms with van der Waals surface area (Å²) in [7, 11) is 0. The van der Waals surface area contributed by atoms with Gasteiger partial charge in [-0.05, 0) is 92.4 Å². The zero-order chi connectivity index (χ0) is 39.7. The molecule has 6 rings (SSSR count). The Hall–Kier alpha value is -5.72. The summed E-state index contributed by atoms with van der Waals surface area (Å²) in [6.45, 7) is 12.4. The van der Waals surface area contributed by atoms with Crippen LogP contribution in [0.25, 0.3) is 22.3 Å². The molecule has 0 saturated carbocycles. The number of benzene rings is 3. The highest BCUT2D eigenvalue weighted by Crippen LogP contribution is 2.40. The molecule has 2 N–H and O–H groups in total. The quantitative estimate of drug-likeness (QED) is 0.171. The van der Waals surface area contributed by atoms with E-state index in [2.05, 4.69) is 10.3 Å². The van der Waals surface area contributed by atoms with Gasteiger partial charge in [-0.15, -0.1) is 0 Å². The molecular weight excluding hydrogens is 710 g/mol. The Labute approximate surface area is 319 Å². The van der Waals surface area contributed by atoms with Gasteiger partial charge in [0.15, 0.2) is 0 Å². The van der Waals surface area contributed by atoms with E-state index in [0.29, 0.717) is 71.9 Å². The van der Waals surface area contributed by atoms with Crippen molar-refractivity contribution in [2.45, 2.75) is 78.2 Å². The van der Waals surface area contributed by atoms with E-state index < -0.39 is 53.0 Å². The lowest BCUT2D eigenvalue weighted by Crippen LogP contribution is -2.48.